The topological polar surface area (TPSA) is 27.0 Å². The molecule has 1 aliphatic rings. The van der Waals surface area contributed by atoms with Crippen LogP contribution in [0.3, 0.4) is 0 Å². The molecule has 2 nitrogen and oxygen atoms in total. The molecule has 0 radical (unpaired) electrons. The van der Waals surface area contributed by atoms with Gasteiger partial charge < -0.3 is 4.90 Å². The van der Waals surface area contributed by atoms with Crippen molar-refractivity contribution < 1.29 is 4.39 Å². The van der Waals surface area contributed by atoms with E-state index in [-0.39, 0.29) is 5.82 Å². The Morgan fingerprint density at radius 2 is 1.73 bits per heavy atom. The predicted octanol–water partition coefficient (Wildman–Crippen LogP) is 5.64. The highest BCUT2D eigenvalue weighted by atomic mass is 19.1. The molecule has 0 aromatic heterocycles. The number of benzene rings is 3. The van der Waals surface area contributed by atoms with Crippen LogP contribution in [0.4, 0.5) is 10.1 Å². The normalized spacial score (nSPS) is 14.6. The summed E-state index contributed by atoms with van der Waals surface area (Å²) in [4.78, 5) is 2.20. The van der Waals surface area contributed by atoms with Gasteiger partial charge in [-0.05, 0) is 59.5 Å². The minimum absolute atomic E-state index is 0.289. The second-order valence-corrected chi connectivity index (χ2v) is 6.63. The number of halogens is 1. The van der Waals surface area contributed by atoms with E-state index >= 15 is 0 Å². The standard InChI is InChI=1S/C23H19FN2/c24-23-15-22(26-11-3-4-12-26)10-9-20(23)14-21(16-25)19-8-7-17-5-1-2-6-18(17)13-19/h1-2,5-10,13-15H,3-4,11-12H2/b21-14-. The first kappa shape index (κ1) is 16.4. The molecule has 0 amide bonds. The van der Waals surface area contributed by atoms with Crippen LogP contribution < -0.4 is 4.90 Å². The molecule has 1 aliphatic heterocycles. The van der Waals surface area contributed by atoms with Crippen molar-refractivity contribution >= 4 is 28.1 Å². The first-order chi connectivity index (χ1) is 12.7. The lowest BCUT2D eigenvalue weighted by Crippen LogP contribution is -2.17. The summed E-state index contributed by atoms with van der Waals surface area (Å²) in [6.07, 6.45) is 3.95. The smallest absolute Gasteiger partial charge is 0.132 e. The van der Waals surface area contributed by atoms with Crippen LogP contribution in [0.2, 0.25) is 0 Å². The highest BCUT2D eigenvalue weighted by Crippen LogP contribution is 2.26. The summed E-state index contributed by atoms with van der Waals surface area (Å²) in [5, 5.41) is 11.8. The van der Waals surface area contributed by atoms with Gasteiger partial charge in [0.1, 0.15) is 5.82 Å². The van der Waals surface area contributed by atoms with E-state index in [1.807, 2.05) is 48.5 Å². The van der Waals surface area contributed by atoms with Crippen LogP contribution in [0.5, 0.6) is 0 Å². The molecule has 4 rings (SSSR count). The van der Waals surface area contributed by atoms with Gasteiger partial charge in [0.05, 0.1) is 11.6 Å². The molecule has 0 saturated carbocycles. The zero-order valence-corrected chi connectivity index (χ0v) is 14.5. The van der Waals surface area contributed by atoms with Gasteiger partial charge in [-0.25, -0.2) is 4.39 Å². The Kier molecular flexibility index (Phi) is 4.41. The van der Waals surface area contributed by atoms with Crippen LogP contribution in [0.25, 0.3) is 22.4 Å². The van der Waals surface area contributed by atoms with Crippen molar-refractivity contribution in [2.45, 2.75) is 12.8 Å². The van der Waals surface area contributed by atoms with Crippen LogP contribution in [-0.4, -0.2) is 13.1 Å². The monoisotopic (exact) mass is 342 g/mol. The van der Waals surface area contributed by atoms with Crippen molar-refractivity contribution in [2.24, 2.45) is 0 Å². The highest BCUT2D eigenvalue weighted by Gasteiger charge is 2.14. The number of allylic oxidation sites excluding steroid dienone is 1. The van der Waals surface area contributed by atoms with E-state index in [1.54, 1.807) is 18.2 Å². The van der Waals surface area contributed by atoms with Crippen LogP contribution in [-0.2, 0) is 0 Å². The fraction of sp³-hybridized carbons (Fsp3) is 0.174. The maximum absolute atomic E-state index is 14.6. The fourth-order valence-electron chi connectivity index (χ4n) is 3.50. The van der Waals surface area contributed by atoms with Gasteiger partial charge >= 0.3 is 0 Å². The number of anilines is 1. The van der Waals surface area contributed by atoms with Crippen molar-refractivity contribution in [1.29, 1.82) is 5.26 Å². The van der Waals surface area contributed by atoms with Gasteiger partial charge in [-0.3, -0.25) is 0 Å². The van der Waals surface area contributed by atoms with Gasteiger partial charge in [-0.15, -0.1) is 0 Å². The molecule has 0 unspecified atom stereocenters. The summed E-state index contributed by atoms with van der Waals surface area (Å²) in [5.41, 5.74) is 2.62. The second-order valence-electron chi connectivity index (χ2n) is 6.63. The Hall–Kier alpha value is -3.12. The first-order valence-corrected chi connectivity index (χ1v) is 8.90. The summed E-state index contributed by atoms with van der Waals surface area (Å²) < 4.78 is 14.6. The quantitative estimate of drug-likeness (QED) is 0.455. The van der Waals surface area contributed by atoms with Crippen LogP contribution in [0, 0.1) is 17.1 Å². The Bertz CT molecular complexity index is 1020. The van der Waals surface area contributed by atoms with E-state index in [9.17, 15) is 9.65 Å². The molecule has 0 aliphatic carbocycles. The highest BCUT2D eigenvalue weighted by molar-refractivity contribution is 5.94. The third-order valence-electron chi connectivity index (χ3n) is 4.94. The van der Waals surface area contributed by atoms with E-state index < -0.39 is 0 Å². The number of hydrogen-bond donors (Lipinski definition) is 0. The fourth-order valence-corrected chi connectivity index (χ4v) is 3.50. The summed E-state index contributed by atoms with van der Waals surface area (Å²) in [5.74, 6) is -0.289. The van der Waals surface area contributed by atoms with E-state index in [0.29, 0.717) is 11.1 Å². The maximum Gasteiger partial charge on any atom is 0.132 e. The van der Waals surface area contributed by atoms with Gasteiger partial charge in [0, 0.05) is 24.3 Å². The van der Waals surface area contributed by atoms with Crippen molar-refractivity contribution in [3.05, 3.63) is 77.6 Å². The van der Waals surface area contributed by atoms with Crippen molar-refractivity contribution in [3.63, 3.8) is 0 Å². The minimum Gasteiger partial charge on any atom is -0.371 e. The second kappa shape index (κ2) is 7.01. The average Bonchev–Trinajstić information content (AvgIpc) is 3.21. The van der Waals surface area contributed by atoms with Gasteiger partial charge in [-0.1, -0.05) is 36.4 Å². The third kappa shape index (κ3) is 3.19. The largest absolute Gasteiger partial charge is 0.371 e. The summed E-state index contributed by atoms with van der Waals surface area (Å²) >= 11 is 0. The summed E-state index contributed by atoms with van der Waals surface area (Å²) in [6, 6.07) is 21.4. The van der Waals surface area contributed by atoms with Gasteiger partial charge in [-0.2, -0.15) is 5.26 Å². The van der Waals surface area contributed by atoms with E-state index in [1.165, 1.54) is 0 Å². The van der Waals surface area contributed by atoms with Gasteiger partial charge in [0.25, 0.3) is 0 Å². The molecule has 1 saturated heterocycles. The van der Waals surface area contributed by atoms with Gasteiger partial charge in [0.15, 0.2) is 0 Å². The molecule has 1 fully saturated rings. The predicted molar refractivity (Wildman–Crippen MR) is 105 cm³/mol. The SMILES string of the molecule is N#C/C(=C/c1ccc(N2CCCC2)cc1F)c1ccc2ccccc2c1. The summed E-state index contributed by atoms with van der Waals surface area (Å²) in [7, 11) is 0. The molecule has 3 heteroatoms. The maximum atomic E-state index is 14.6. The van der Waals surface area contributed by atoms with E-state index in [4.69, 9.17) is 0 Å². The Morgan fingerprint density at radius 1 is 0.962 bits per heavy atom. The van der Waals surface area contributed by atoms with Crippen molar-refractivity contribution in [1.82, 2.24) is 0 Å². The van der Waals surface area contributed by atoms with Crippen molar-refractivity contribution in [2.75, 3.05) is 18.0 Å². The lowest BCUT2D eigenvalue weighted by molar-refractivity contribution is 0.624. The minimum atomic E-state index is -0.289. The Morgan fingerprint density at radius 3 is 2.46 bits per heavy atom. The number of nitrogens with zero attached hydrogens (tertiary/aromatic N) is 2. The summed E-state index contributed by atoms with van der Waals surface area (Å²) in [6.45, 7) is 1.96. The van der Waals surface area contributed by atoms with Crippen LogP contribution in [0.1, 0.15) is 24.0 Å². The molecule has 0 bridgehead atoms. The molecule has 0 spiro atoms. The zero-order chi connectivity index (χ0) is 17.9. The van der Waals surface area contributed by atoms with Gasteiger partial charge in [0.2, 0.25) is 0 Å². The molecule has 26 heavy (non-hydrogen) atoms. The van der Waals surface area contributed by atoms with E-state index in [2.05, 4.69) is 11.0 Å². The Labute approximate surface area is 152 Å². The Balaban J connectivity index is 1.69. The van der Waals surface area contributed by atoms with Crippen LogP contribution in [0.15, 0.2) is 60.7 Å². The number of fused-ring (bicyclic) bond motifs is 1. The molecule has 3 aromatic rings. The molecule has 0 N–H and O–H groups in total. The number of nitriles is 1. The van der Waals surface area contributed by atoms with E-state index in [0.717, 1.165) is 48.0 Å². The number of hydrogen-bond acceptors (Lipinski definition) is 2. The molecule has 128 valence electrons. The molecular weight excluding hydrogens is 323 g/mol. The molecule has 3 aromatic carbocycles. The van der Waals surface area contributed by atoms with Crippen LogP contribution >= 0.6 is 0 Å². The lowest BCUT2D eigenvalue weighted by atomic mass is 10.00. The average molecular weight is 342 g/mol. The third-order valence-corrected chi connectivity index (χ3v) is 4.94. The molecule has 0 atom stereocenters. The van der Waals surface area contributed by atoms with Crippen molar-refractivity contribution in [3.8, 4) is 6.07 Å². The number of rotatable bonds is 3. The molecule has 1 heterocycles. The lowest BCUT2D eigenvalue weighted by Gasteiger charge is -2.17. The zero-order valence-electron chi connectivity index (χ0n) is 14.5. The molecular formula is C23H19FN2. The first-order valence-electron chi connectivity index (χ1n) is 8.90.